The van der Waals surface area contributed by atoms with Crippen LogP contribution in [0.25, 0.3) is 0 Å². The molecule has 0 aromatic heterocycles. The van der Waals surface area contributed by atoms with E-state index in [-0.39, 0.29) is 67.0 Å². The topological polar surface area (TPSA) is 148 Å². The number of fused-ring (bicyclic) bond motifs is 8. The first-order chi connectivity index (χ1) is 41.9. The fourth-order valence-electron chi connectivity index (χ4n) is 13.0. The van der Waals surface area contributed by atoms with Crippen molar-refractivity contribution in [2.75, 3.05) is 159 Å². The van der Waals surface area contributed by atoms with Crippen LogP contribution in [0.3, 0.4) is 0 Å². The summed E-state index contributed by atoms with van der Waals surface area (Å²) < 4.78 is 104. The molecule has 0 spiro atoms. The first kappa shape index (κ1) is 61.8. The van der Waals surface area contributed by atoms with E-state index in [4.69, 9.17) is 75.8 Å². The van der Waals surface area contributed by atoms with Crippen LogP contribution in [0.1, 0.15) is 151 Å². The molecule has 1 aliphatic carbocycles. The summed E-state index contributed by atoms with van der Waals surface area (Å²) in [6.07, 6.45) is 0. The van der Waals surface area contributed by atoms with E-state index in [0.29, 0.717) is 159 Å². The minimum absolute atomic E-state index is 0.156. The smallest absolute Gasteiger partial charge is 0.126 e. The second-order valence-corrected chi connectivity index (χ2v) is 31.3. The monoisotopic (exact) mass is 1220 g/mol. The molecule has 0 saturated carbocycles. The quantitative estimate of drug-likeness (QED) is 0.0654. The van der Waals surface area contributed by atoms with Crippen LogP contribution in [0.5, 0.6) is 46.0 Å². The van der Waals surface area contributed by atoms with Gasteiger partial charge in [0.25, 0.3) is 0 Å². The number of benzene rings is 4. The van der Waals surface area contributed by atoms with Crippen LogP contribution in [-0.2, 0) is 37.9 Å². The molecule has 8 bridgehead atoms. The predicted molar refractivity (Wildman–Crippen MR) is 331 cm³/mol. The Hall–Kier alpha value is -5.04. The lowest BCUT2D eigenvalue weighted by Gasteiger charge is -2.40. The second kappa shape index (κ2) is 23.6. The van der Waals surface area contributed by atoms with Crippen LogP contribution in [0.15, 0.2) is 48.5 Å². The van der Waals surface area contributed by atoms with Crippen molar-refractivity contribution >= 4 is 0 Å². The molecule has 0 amide bonds. The Balaban J connectivity index is 1.06. The molecule has 16 heteroatoms. The van der Waals surface area contributed by atoms with Gasteiger partial charge in [0.1, 0.15) is 46.0 Å². The fourth-order valence-corrected chi connectivity index (χ4v) is 13.0. The lowest BCUT2D eigenvalue weighted by atomic mass is 9.80. The largest absolute Gasteiger partial charge is 0.492 e. The molecule has 0 N–H and O–H groups in total. The molecule has 0 radical (unpaired) electrons. The number of rotatable bonds is 24. The van der Waals surface area contributed by atoms with E-state index in [1.54, 1.807) is 0 Å². The summed E-state index contributed by atoms with van der Waals surface area (Å²) >= 11 is 0. The Kier molecular flexibility index (Phi) is 16.6. The van der Waals surface area contributed by atoms with Crippen molar-refractivity contribution in [1.82, 2.24) is 0 Å². The molecule has 0 atom stereocenters. The van der Waals surface area contributed by atoms with Gasteiger partial charge in [0.2, 0.25) is 0 Å². The summed E-state index contributed by atoms with van der Waals surface area (Å²) in [5.41, 5.74) is 6.74. The lowest BCUT2D eigenvalue weighted by Crippen LogP contribution is -2.44. The minimum Gasteiger partial charge on any atom is -0.492 e. The van der Waals surface area contributed by atoms with Crippen LogP contribution in [0.2, 0.25) is 0 Å². The third-order valence-corrected chi connectivity index (χ3v) is 20.1. The Bertz CT molecular complexity index is 2580. The second-order valence-electron chi connectivity index (χ2n) is 31.3. The van der Waals surface area contributed by atoms with Crippen LogP contribution < -0.4 is 37.9 Å². The van der Waals surface area contributed by atoms with Crippen molar-refractivity contribution in [3.8, 4) is 46.0 Å². The van der Waals surface area contributed by atoms with Crippen LogP contribution in [0.4, 0.5) is 0 Å². The Morgan fingerprint density at radius 3 is 0.432 bits per heavy atom. The van der Waals surface area contributed by atoms with Crippen LogP contribution >= 0.6 is 0 Å². The van der Waals surface area contributed by atoms with Gasteiger partial charge < -0.3 is 75.8 Å². The fraction of sp³-hybridized carbons (Fsp3) is 0.667. The van der Waals surface area contributed by atoms with E-state index in [1.165, 1.54) is 0 Å². The van der Waals surface area contributed by atoms with E-state index in [2.05, 4.69) is 132 Å². The van der Waals surface area contributed by atoms with Crippen molar-refractivity contribution in [3.05, 3.63) is 93.0 Å². The molecule has 9 aliphatic rings. The average molecular weight is 1220 g/mol. The van der Waals surface area contributed by atoms with Crippen molar-refractivity contribution in [2.24, 2.45) is 43.3 Å². The molecule has 4 aromatic carbocycles. The molecular formula is C72H96O16. The highest BCUT2D eigenvalue weighted by Crippen LogP contribution is 2.53. The van der Waals surface area contributed by atoms with Gasteiger partial charge in [-0.1, -0.05) is 83.1 Å². The number of ether oxygens (including phenoxy) is 16. The highest BCUT2D eigenvalue weighted by Gasteiger charge is 2.43. The molecule has 88 heavy (non-hydrogen) atoms. The summed E-state index contributed by atoms with van der Waals surface area (Å²) in [7, 11) is 0. The number of hydrogen-bond acceptors (Lipinski definition) is 16. The molecule has 8 fully saturated rings. The molecule has 480 valence electrons. The molecule has 4 aromatic rings. The number of hydrogen-bond donors (Lipinski definition) is 0. The third kappa shape index (κ3) is 12.6. The Labute approximate surface area is 521 Å². The van der Waals surface area contributed by atoms with Crippen LogP contribution in [0, 0.1) is 43.3 Å². The average Bonchev–Trinajstić information content (AvgIpc) is 0.810. The highest BCUT2D eigenvalue weighted by molar-refractivity contribution is 5.63. The van der Waals surface area contributed by atoms with Crippen molar-refractivity contribution in [3.63, 3.8) is 0 Å². The van der Waals surface area contributed by atoms with Gasteiger partial charge in [-0.05, 0) is 24.3 Å². The first-order valence-electron chi connectivity index (χ1n) is 32.3. The van der Waals surface area contributed by atoms with Gasteiger partial charge in [0, 0.05) is 136 Å². The summed E-state index contributed by atoms with van der Waals surface area (Å²) in [5, 5.41) is 0. The van der Waals surface area contributed by atoms with E-state index in [1.807, 2.05) is 0 Å². The zero-order chi connectivity index (χ0) is 61.5. The van der Waals surface area contributed by atoms with Gasteiger partial charge in [-0.3, -0.25) is 0 Å². The van der Waals surface area contributed by atoms with Crippen molar-refractivity contribution in [2.45, 2.75) is 107 Å². The molecule has 8 saturated heterocycles. The van der Waals surface area contributed by atoms with Gasteiger partial charge in [-0.25, -0.2) is 0 Å². The SMILES string of the molecule is CC1c2cc(c(OCC3(C)COC3)cc2OCC2(C)COC2)C(C)c2cc(c(OCC3(C)COC3)cc2OCC2(C)COC2)C(C)c2cc(c(OCC3(C)COC3)cc2OCC2(C)COC2)C(C)c2cc1c(OCC1(C)COC1)cc2OCC1(C)COC1. The highest BCUT2D eigenvalue weighted by atomic mass is 16.6. The van der Waals surface area contributed by atoms with E-state index in [9.17, 15) is 0 Å². The standard InChI is InChI=1S/C72H96O16/c1-45-49-13-51(59(83-39-67(7)25-75-26-67)17-57(49)81-37-65(5)21-73-22-65)46(2)53-15-55(63(87-43-71(11)33-79-34-71)19-61(53)85-41-69(9)29-77-30-69)48(4)56-16-54(62(86-42-70(10)31-78-32-70)20-64(56)88-44-72(12)35-80-36-72)47(3)52-14-50(45)58(82-38-66(6)23-74-24-66)18-60(52)84-40-68(8)27-76-28-68/h13-20,45-48H,21-44H2,1-12H3. The van der Waals surface area contributed by atoms with E-state index < -0.39 is 0 Å². The first-order valence-corrected chi connectivity index (χ1v) is 32.3. The van der Waals surface area contributed by atoms with Crippen LogP contribution in [-0.4, -0.2) is 159 Å². The predicted octanol–water partition coefficient (Wildman–Crippen LogP) is 11.9. The van der Waals surface area contributed by atoms with E-state index >= 15 is 0 Å². The van der Waals surface area contributed by atoms with Gasteiger partial charge in [0.05, 0.1) is 159 Å². The zero-order valence-electron chi connectivity index (χ0n) is 54.4. The minimum atomic E-state index is -0.293. The maximum absolute atomic E-state index is 7.19. The molecule has 8 heterocycles. The molecule has 13 rings (SSSR count). The zero-order valence-corrected chi connectivity index (χ0v) is 54.4. The summed E-state index contributed by atoms with van der Waals surface area (Å²) in [6.45, 7) is 40.5. The lowest BCUT2D eigenvalue weighted by molar-refractivity contribution is -0.121. The summed E-state index contributed by atoms with van der Waals surface area (Å²) in [5.74, 6) is 4.78. The summed E-state index contributed by atoms with van der Waals surface area (Å²) in [6, 6.07) is 18.0. The molecule has 16 nitrogen and oxygen atoms in total. The molecule has 0 unspecified atom stereocenters. The van der Waals surface area contributed by atoms with Crippen molar-refractivity contribution < 1.29 is 75.8 Å². The Morgan fingerprint density at radius 1 is 0.227 bits per heavy atom. The Morgan fingerprint density at radius 2 is 0.341 bits per heavy atom. The maximum Gasteiger partial charge on any atom is 0.126 e. The van der Waals surface area contributed by atoms with E-state index in [0.717, 1.165) is 90.5 Å². The normalized spacial score (nSPS) is 26.4. The van der Waals surface area contributed by atoms with Gasteiger partial charge in [0.15, 0.2) is 0 Å². The maximum atomic E-state index is 7.19. The van der Waals surface area contributed by atoms with Gasteiger partial charge in [-0.2, -0.15) is 0 Å². The van der Waals surface area contributed by atoms with Crippen molar-refractivity contribution in [1.29, 1.82) is 0 Å². The third-order valence-electron chi connectivity index (χ3n) is 20.1. The molecule has 8 aliphatic heterocycles. The van der Waals surface area contributed by atoms with Gasteiger partial charge in [-0.15, -0.1) is 0 Å². The summed E-state index contributed by atoms with van der Waals surface area (Å²) in [4.78, 5) is 0. The molecular weight excluding hydrogens is 1120 g/mol. The van der Waals surface area contributed by atoms with Gasteiger partial charge >= 0.3 is 0 Å².